The number of hydrogen-bond acceptors (Lipinski definition) is 2. The third kappa shape index (κ3) is 2.62. The fraction of sp³-hybridized carbons (Fsp3) is 0.222. The van der Waals surface area contributed by atoms with Gasteiger partial charge in [-0.15, -0.1) is 0 Å². The number of hydrogen-bond donors (Lipinski definition) is 1. The maximum absolute atomic E-state index is 5.88. The highest BCUT2D eigenvalue weighted by Gasteiger charge is 2.11. The van der Waals surface area contributed by atoms with Crippen LogP contribution < -0.4 is 5.73 Å². The largest absolute Gasteiger partial charge is 0.319 e. The summed E-state index contributed by atoms with van der Waals surface area (Å²) in [6, 6.07) is 1.72. The Kier molecular flexibility index (Phi) is 3.64. The summed E-state index contributed by atoms with van der Waals surface area (Å²) in [5, 5.41) is 0. The molecule has 0 amide bonds. The Balaban J connectivity index is 3.08. The lowest BCUT2D eigenvalue weighted by molar-refractivity contribution is 0.804. The molecule has 0 aromatic carbocycles. The second-order valence-corrected chi connectivity index (χ2v) is 4.61. The zero-order valence-corrected chi connectivity index (χ0v) is 10.4. The summed E-state index contributed by atoms with van der Waals surface area (Å²) in [7, 11) is 0. The summed E-state index contributed by atoms with van der Waals surface area (Å²) in [5.74, 6) is 0. The van der Waals surface area contributed by atoms with Crippen LogP contribution in [0.4, 0.5) is 0 Å². The first-order chi connectivity index (χ1) is 6.02. The molecule has 0 aliphatic carbocycles. The van der Waals surface area contributed by atoms with Crippen LogP contribution >= 0.6 is 31.9 Å². The van der Waals surface area contributed by atoms with E-state index in [2.05, 4.69) is 43.4 Å². The van der Waals surface area contributed by atoms with Gasteiger partial charge in [-0.2, -0.15) is 0 Å². The summed E-state index contributed by atoms with van der Waals surface area (Å²) >= 11 is 6.73. The van der Waals surface area contributed by atoms with Crippen molar-refractivity contribution in [2.24, 2.45) is 5.73 Å². The molecule has 70 valence electrons. The molecule has 1 heterocycles. The number of pyridine rings is 1. The molecule has 4 heteroatoms. The quantitative estimate of drug-likeness (QED) is 0.852. The minimum Gasteiger partial charge on any atom is -0.319 e. The van der Waals surface area contributed by atoms with Crippen LogP contribution in [0.25, 0.3) is 0 Å². The maximum Gasteiger partial charge on any atom is 0.0755 e. The fourth-order valence-electron chi connectivity index (χ4n) is 0.887. The van der Waals surface area contributed by atoms with E-state index in [1.54, 1.807) is 6.20 Å². The number of rotatable bonds is 2. The Labute approximate surface area is 94.5 Å². The molecule has 1 atom stereocenters. The van der Waals surface area contributed by atoms with Crippen molar-refractivity contribution in [2.45, 2.75) is 13.0 Å². The summed E-state index contributed by atoms with van der Waals surface area (Å²) in [5.41, 5.74) is 7.60. The Hall–Kier alpha value is -0.190. The molecule has 0 saturated heterocycles. The van der Waals surface area contributed by atoms with E-state index in [1.807, 2.05) is 13.0 Å². The molecule has 0 fully saturated rings. The smallest absolute Gasteiger partial charge is 0.0755 e. The van der Waals surface area contributed by atoms with Gasteiger partial charge < -0.3 is 5.73 Å². The van der Waals surface area contributed by atoms with Gasteiger partial charge in [0.1, 0.15) is 0 Å². The Morgan fingerprint density at radius 3 is 2.69 bits per heavy atom. The van der Waals surface area contributed by atoms with Crippen molar-refractivity contribution in [3.63, 3.8) is 0 Å². The molecule has 0 spiro atoms. The summed E-state index contributed by atoms with van der Waals surface area (Å²) in [6.45, 7) is 5.69. The van der Waals surface area contributed by atoms with Gasteiger partial charge >= 0.3 is 0 Å². The van der Waals surface area contributed by atoms with Gasteiger partial charge in [0.15, 0.2) is 0 Å². The molecule has 0 radical (unpaired) electrons. The predicted octanol–water partition coefficient (Wildman–Crippen LogP) is 3.18. The van der Waals surface area contributed by atoms with Gasteiger partial charge in [-0.05, 0) is 44.8 Å². The molecule has 0 aliphatic rings. The van der Waals surface area contributed by atoms with Gasteiger partial charge in [-0.3, -0.25) is 4.98 Å². The van der Waals surface area contributed by atoms with Gasteiger partial charge in [0.2, 0.25) is 0 Å². The van der Waals surface area contributed by atoms with Crippen LogP contribution in [-0.4, -0.2) is 4.98 Å². The molecular formula is C9H10Br2N2. The highest BCUT2D eigenvalue weighted by molar-refractivity contribution is 9.11. The minimum atomic E-state index is -0.206. The van der Waals surface area contributed by atoms with Gasteiger partial charge in [0.05, 0.1) is 11.7 Å². The van der Waals surface area contributed by atoms with Crippen LogP contribution in [0.15, 0.2) is 33.4 Å². The standard InChI is InChI=1S/C9H10Br2N2/c1-5(2)8(12)9-7(11)3-6(10)4-13-9/h3-4,8H,1,12H2,2H3. The second-order valence-electron chi connectivity index (χ2n) is 2.84. The summed E-state index contributed by atoms with van der Waals surface area (Å²) < 4.78 is 1.83. The fourth-order valence-corrected chi connectivity index (χ4v) is 2.12. The van der Waals surface area contributed by atoms with E-state index < -0.39 is 0 Å². The average Bonchev–Trinajstić information content (AvgIpc) is 2.03. The molecule has 2 N–H and O–H groups in total. The van der Waals surface area contributed by atoms with Gasteiger partial charge in [0, 0.05) is 15.1 Å². The van der Waals surface area contributed by atoms with Crippen molar-refractivity contribution >= 4 is 31.9 Å². The first kappa shape index (κ1) is 10.9. The minimum absolute atomic E-state index is 0.206. The zero-order valence-electron chi connectivity index (χ0n) is 7.22. The van der Waals surface area contributed by atoms with E-state index in [9.17, 15) is 0 Å². The Bertz CT molecular complexity index is 336. The Morgan fingerprint density at radius 2 is 2.23 bits per heavy atom. The molecule has 1 rings (SSSR count). The summed E-state index contributed by atoms with van der Waals surface area (Å²) in [6.07, 6.45) is 1.73. The second kappa shape index (κ2) is 4.35. The van der Waals surface area contributed by atoms with Crippen LogP contribution in [0.3, 0.4) is 0 Å². The molecule has 0 bridgehead atoms. The van der Waals surface area contributed by atoms with E-state index in [1.165, 1.54) is 0 Å². The first-order valence-corrected chi connectivity index (χ1v) is 5.33. The van der Waals surface area contributed by atoms with Crippen molar-refractivity contribution in [1.29, 1.82) is 0 Å². The molecule has 1 aromatic heterocycles. The summed E-state index contributed by atoms with van der Waals surface area (Å²) in [4.78, 5) is 4.22. The van der Waals surface area contributed by atoms with Crippen LogP contribution in [0, 0.1) is 0 Å². The van der Waals surface area contributed by atoms with Crippen molar-refractivity contribution in [1.82, 2.24) is 4.98 Å². The van der Waals surface area contributed by atoms with Crippen molar-refractivity contribution in [3.8, 4) is 0 Å². The monoisotopic (exact) mass is 304 g/mol. The van der Waals surface area contributed by atoms with E-state index in [-0.39, 0.29) is 6.04 Å². The van der Waals surface area contributed by atoms with Crippen LogP contribution in [0.5, 0.6) is 0 Å². The number of halogens is 2. The Morgan fingerprint density at radius 1 is 1.62 bits per heavy atom. The molecule has 0 aliphatic heterocycles. The molecule has 1 aromatic rings. The molecular weight excluding hydrogens is 296 g/mol. The number of nitrogens with two attached hydrogens (primary N) is 1. The molecule has 0 saturated carbocycles. The van der Waals surface area contributed by atoms with Gasteiger partial charge in [-0.25, -0.2) is 0 Å². The lowest BCUT2D eigenvalue weighted by Gasteiger charge is -2.12. The molecule has 1 unspecified atom stereocenters. The van der Waals surface area contributed by atoms with Crippen molar-refractivity contribution in [3.05, 3.63) is 39.1 Å². The topological polar surface area (TPSA) is 38.9 Å². The van der Waals surface area contributed by atoms with Crippen LogP contribution in [0.1, 0.15) is 18.7 Å². The van der Waals surface area contributed by atoms with E-state index in [0.29, 0.717) is 0 Å². The SMILES string of the molecule is C=C(C)C(N)c1ncc(Br)cc1Br. The zero-order chi connectivity index (χ0) is 10.0. The van der Waals surface area contributed by atoms with Gasteiger partial charge in [-0.1, -0.05) is 12.2 Å². The third-order valence-corrected chi connectivity index (χ3v) is 2.73. The normalized spacial score (nSPS) is 12.6. The van der Waals surface area contributed by atoms with Crippen molar-refractivity contribution < 1.29 is 0 Å². The predicted molar refractivity (Wildman–Crippen MR) is 61.4 cm³/mol. The van der Waals surface area contributed by atoms with E-state index in [4.69, 9.17) is 5.73 Å². The number of aromatic nitrogens is 1. The average molecular weight is 306 g/mol. The van der Waals surface area contributed by atoms with Gasteiger partial charge in [0.25, 0.3) is 0 Å². The lowest BCUT2D eigenvalue weighted by atomic mass is 10.1. The van der Waals surface area contributed by atoms with E-state index in [0.717, 1.165) is 20.2 Å². The highest BCUT2D eigenvalue weighted by Crippen LogP contribution is 2.26. The molecule has 2 nitrogen and oxygen atoms in total. The first-order valence-electron chi connectivity index (χ1n) is 3.74. The lowest BCUT2D eigenvalue weighted by Crippen LogP contribution is -2.13. The van der Waals surface area contributed by atoms with E-state index >= 15 is 0 Å². The van der Waals surface area contributed by atoms with Crippen LogP contribution in [0.2, 0.25) is 0 Å². The maximum atomic E-state index is 5.88. The highest BCUT2D eigenvalue weighted by atomic mass is 79.9. The van der Waals surface area contributed by atoms with Crippen molar-refractivity contribution in [2.75, 3.05) is 0 Å². The molecule has 13 heavy (non-hydrogen) atoms. The van der Waals surface area contributed by atoms with Crippen LogP contribution in [-0.2, 0) is 0 Å². The third-order valence-electron chi connectivity index (χ3n) is 1.66. The number of nitrogens with zero attached hydrogens (tertiary/aromatic N) is 1.